The Bertz CT molecular complexity index is 1510. The minimum absolute atomic E-state index is 0.839. The highest BCUT2D eigenvalue weighted by molar-refractivity contribution is 6.00. The Hall–Kier alpha value is -4.33. The highest BCUT2D eigenvalue weighted by Crippen LogP contribution is 2.33. The zero-order chi connectivity index (χ0) is 20.1. The summed E-state index contributed by atoms with van der Waals surface area (Å²) < 4.78 is 1.77. The van der Waals surface area contributed by atoms with Crippen LogP contribution >= 0.6 is 0 Å². The average molecular weight is 392 g/mol. The van der Waals surface area contributed by atoms with Gasteiger partial charge in [-0.15, -0.1) is 0 Å². The maximum atomic E-state index is 4.55. The van der Waals surface area contributed by atoms with Crippen LogP contribution in [0.1, 0.15) is 0 Å². The van der Waals surface area contributed by atoms with Crippen molar-refractivity contribution in [2.75, 3.05) is 0 Å². The maximum absolute atomic E-state index is 4.55. The van der Waals surface area contributed by atoms with E-state index in [1.807, 2.05) is 56.2 Å². The lowest BCUT2D eigenvalue weighted by Gasteiger charge is -2.01. The second-order valence-electron chi connectivity index (χ2n) is 7.16. The summed E-state index contributed by atoms with van der Waals surface area (Å²) in [5, 5.41) is 13.9. The van der Waals surface area contributed by atoms with E-state index in [0.717, 1.165) is 55.6 Å². The van der Waals surface area contributed by atoms with Crippen molar-refractivity contribution in [3.8, 4) is 33.8 Å². The summed E-state index contributed by atoms with van der Waals surface area (Å²) >= 11 is 0. The molecule has 0 fully saturated rings. The quantitative estimate of drug-likeness (QED) is 0.475. The number of nitrogens with zero attached hydrogens (tertiary/aromatic N) is 6. The molecule has 6 heterocycles. The molecule has 144 valence electrons. The molecule has 0 amide bonds. The fourth-order valence-electron chi connectivity index (χ4n) is 3.76. The monoisotopic (exact) mass is 392 g/mol. The molecule has 0 bridgehead atoms. The van der Waals surface area contributed by atoms with Crippen LogP contribution < -0.4 is 0 Å². The lowest BCUT2D eigenvalue weighted by Crippen LogP contribution is -1.85. The molecule has 6 aromatic heterocycles. The number of aromatic nitrogens is 8. The highest BCUT2D eigenvalue weighted by atomic mass is 15.2. The summed E-state index contributed by atoms with van der Waals surface area (Å²) in [7, 11) is 1.89. The Morgan fingerprint density at radius 1 is 0.900 bits per heavy atom. The first-order chi connectivity index (χ1) is 14.8. The summed E-state index contributed by atoms with van der Waals surface area (Å²) in [5.74, 6) is 0. The Labute approximate surface area is 170 Å². The van der Waals surface area contributed by atoms with Gasteiger partial charge in [-0.2, -0.15) is 10.2 Å². The van der Waals surface area contributed by atoms with E-state index >= 15 is 0 Å². The number of fused-ring (bicyclic) bond motifs is 2. The molecule has 0 aliphatic heterocycles. The van der Waals surface area contributed by atoms with Crippen LogP contribution in [-0.2, 0) is 7.05 Å². The molecule has 0 saturated heterocycles. The number of hydrogen-bond donors (Lipinski definition) is 2. The number of pyridine rings is 3. The molecule has 30 heavy (non-hydrogen) atoms. The number of aryl methyl sites for hydroxylation is 1. The van der Waals surface area contributed by atoms with Gasteiger partial charge >= 0.3 is 0 Å². The molecule has 6 aromatic rings. The normalized spacial score (nSPS) is 11.5. The van der Waals surface area contributed by atoms with Gasteiger partial charge < -0.3 is 4.98 Å². The number of nitrogens with one attached hydrogen (secondary N) is 2. The van der Waals surface area contributed by atoms with Crippen molar-refractivity contribution in [3.63, 3.8) is 0 Å². The van der Waals surface area contributed by atoms with Gasteiger partial charge in [0.25, 0.3) is 0 Å². The van der Waals surface area contributed by atoms with Gasteiger partial charge in [-0.1, -0.05) is 6.07 Å². The van der Waals surface area contributed by atoms with Crippen molar-refractivity contribution in [1.82, 2.24) is 39.9 Å². The number of rotatable bonds is 3. The van der Waals surface area contributed by atoms with E-state index in [4.69, 9.17) is 0 Å². The van der Waals surface area contributed by atoms with Crippen molar-refractivity contribution in [1.29, 1.82) is 0 Å². The summed E-state index contributed by atoms with van der Waals surface area (Å²) in [5.41, 5.74) is 7.45. The molecule has 0 aliphatic rings. The zero-order valence-corrected chi connectivity index (χ0v) is 16.0. The van der Waals surface area contributed by atoms with E-state index < -0.39 is 0 Å². The van der Waals surface area contributed by atoms with Gasteiger partial charge in [0, 0.05) is 59.3 Å². The molecule has 0 unspecified atom stereocenters. The van der Waals surface area contributed by atoms with Gasteiger partial charge in [-0.25, -0.2) is 0 Å². The van der Waals surface area contributed by atoms with E-state index in [9.17, 15) is 0 Å². The molecule has 0 spiro atoms. The molecular weight excluding hydrogens is 376 g/mol. The van der Waals surface area contributed by atoms with Gasteiger partial charge in [0.05, 0.1) is 41.0 Å². The van der Waals surface area contributed by atoms with Crippen LogP contribution in [0.25, 0.3) is 55.6 Å². The first kappa shape index (κ1) is 16.6. The number of hydrogen-bond acceptors (Lipinski definition) is 5. The van der Waals surface area contributed by atoms with Gasteiger partial charge in [0.15, 0.2) is 0 Å². The Balaban J connectivity index is 1.52. The van der Waals surface area contributed by atoms with E-state index in [-0.39, 0.29) is 0 Å². The van der Waals surface area contributed by atoms with Crippen LogP contribution in [0.5, 0.6) is 0 Å². The predicted molar refractivity (Wildman–Crippen MR) is 114 cm³/mol. The standard InChI is InChI=1S/C22H16N8/c1-30-12-14(8-26-30)18-6-16-21(11-25-18)28-29-22(16)19-5-15-17(9-24-10-20(15)27-19)13-3-2-4-23-7-13/h2-12,27H,1H3,(H,28,29). The third-order valence-corrected chi connectivity index (χ3v) is 5.22. The topological polar surface area (TPSA) is 101 Å². The summed E-state index contributed by atoms with van der Waals surface area (Å²) in [4.78, 5) is 16.6. The molecule has 2 N–H and O–H groups in total. The van der Waals surface area contributed by atoms with Gasteiger partial charge in [-0.05, 0) is 18.2 Å². The summed E-state index contributed by atoms with van der Waals surface area (Å²) in [6.45, 7) is 0. The smallest absolute Gasteiger partial charge is 0.116 e. The third kappa shape index (κ3) is 2.58. The fraction of sp³-hybridized carbons (Fsp3) is 0.0455. The van der Waals surface area contributed by atoms with Gasteiger partial charge in [0.1, 0.15) is 5.69 Å². The van der Waals surface area contributed by atoms with Crippen LogP contribution in [0.2, 0.25) is 0 Å². The Morgan fingerprint density at radius 2 is 1.87 bits per heavy atom. The minimum atomic E-state index is 0.839. The van der Waals surface area contributed by atoms with Crippen LogP contribution in [0.3, 0.4) is 0 Å². The minimum Gasteiger partial charge on any atom is -0.352 e. The largest absolute Gasteiger partial charge is 0.352 e. The summed E-state index contributed by atoms with van der Waals surface area (Å²) in [6.07, 6.45) is 12.9. The van der Waals surface area contributed by atoms with Crippen molar-refractivity contribution in [2.45, 2.75) is 0 Å². The highest BCUT2D eigenvalue weighted by Gasteiger charge is 2.15. The molecule has 0 atom stereocenters. The number of aromatic amines is 2. The molecule has 0 aromatic carbocycles. The molecule has 0 saturated carbocycles. The molecule has 0 aliphatic carbocycles. The first-order valence-electron chi connectivity index (χ1n) is 9.47. The van der Waals surface area contributed by atoms with Crippen LogP contribution in [0, 0.1) is 0 Å². The third-order valence-electron chi connectivity index (χ3n) is 5.22. The van der Waals surface area contributed by atoms with E-state index in [1.165, 1.54) is 0 Å². The van der Waals surface area contributed by atoms with Crippen molar-refractivity contribution < 1.29 is 0 Å². The summed E-state index contributed by atoms with van der Waals surface area (Å²) in [6, 6.07) is 8.11. The SMILES string of the molecule is Cn1cc(-c2cc3c(-c4cc5c(-c6cccnc6)cncc5[nH]4)n[nH]c3cn2)cn1. The van der Waals surface area contributed by atoms with Crippen LogP contribution in [0.4, 0.5) is 0 Å². The Kier molecular flexibility index (Phi) is 3.51. The zero-order valence-electron chi connectivity index (χ0n) is 16.0. The van der Waals surface area contributed by atoms with E-state index in [2.05, 4.69) is 41.3 Å². The maximum Gasteiger partial charge on any atom is 0.116 e. The van der Waals surface area contributed by atoms with Crippen molar-refractivity contribution in [3.05, 3.63) is 67.6 Å². The van der Waals surface area contributed by atoms with Gasteiger partial charge in [-0.3, -0.25) is 24.7 Å². The van der Waals surface area contributed by atoms with Crippen molar-refractivity contribution >= 4 is 21.8 Å². The molecule has 6 rings (SSSR count). The van der Waals surface area contributed by atoms with Crippen LogP contribution in [0.15, 0.2) is 67.6 Å². The predicted octanol–water partition coefficient (Wildman–Crippen LogP) is 3.96. The molecular formula is C22H16N8. The molecule has 0 radical (unpaired) electrons. The second-order valence-corrected chi connectivity index (χ2v) is 7.16. The Morgan fingerprint density at radius 3 is 2.70 bits per heavy atom. The first-order valence-corrected chi connectivity index (χ1v) is 9.47. The van der Waals surface area contributed by atoms with E-state index in [1.54, 1.807) is 17.1 Å². The lowest BCUT2D eigenvalue weighted by atomic mass is 10.1. The van der Waals surface area contributed by atoms with Crippen LogP contribution in [-0.4, -0.2) is 39.9 Å². The average Bonchev–Trinajstić information content (AvgIpc) is 3.50. The van der Waals surface area contributed by atoms with Gasteiger partial charge in [0.2, 0.25) is 0 Å². The fourth-order valence-corrected chi connectivity index (χ4v) is 3.76. The molecule has 8 nitrogen and oxygen atoms in total. The molecule has 8 heteroatoms. The van der Waals surface area contributed by atoms with Crippen molar-refractivity contribution in [2.24, 2.45) is 7.05 Å². The van der Waals surface area contributed by atoms with E-state index in [0.29, 0.717) is 0 Å². The number of H-pyrrole nitrogens is 2. The second kappa shape index (κ2) is 6.35. The lowest BCUT2D eigenvalue weighted by molar-refractivity contribution is 0.768.